The maximum absolute atomic E-state index is 12.4. The SMILES string of the molecule is Nc1ncnc2c1ncn2[C@]1(c2ccccc2)O[C@H](CO)[C@@H](O)[C@]1(O)S(=O)(=O)O. The zero-order valence-electron chi connectivity index (χ0n) is 14.7. The molecule has 1 saturated heterocycles. The predicted octanol–water partition coefficient (Wildman–Crippen LogP) is -1.56. The fourth-order valence-electron chi connectivity index (χ4n) is 3.68. The first-order valence-electron chi connectivity index (χ1n) is 8.34. The molecule has 29 heavy (non-hydrogen) atoms. The maximum atomic E-state index is 12.4. The van der Waals surface area contributed by atoms with Gasteiger partial charge in [-0.3, -0.25) is 9.12 Å². The number of benzene rings is 1. The third-order valence-electron chi connectivity index (χ3n) is 5.00. The number of aliphatic hydroxyl groups is 3. The van der Waals surface area contributed by atoms with E-state index in [0.29, 0.717) is 0 Å². The summed E-state index contributed by atoms with van der Waals surface area (Å²) >= 11 is 0. The number of rotatable bonds is 4. The highest BCUT2D eigenvalue weighted by molar-refractivity contribution is 7.87. The van der Waals surface area contributed by atoms with Gasteiger partial charge in [-0.05, 0) is 0 Å². The quantitative estimate of drug-likeness (QED) is 0.304. The van der Waals surface area contributed by atoms with Crippen LogP contribution in [0, 0.1) is 0 Å². The molecule has 3 heterocycles. The Bertz CT molecular complexity index is 1170. The van der Waals surface area contributed by atoms with Crippen LogP contribution in [0.15, 0.2) is 43.0 Å². The van der Waals surface area contributed by atoms with Gasteiger partial charge in [-0.15, -0.1) is 0 Å². The van der Waals surface area contributed by atoms with E-state index < -0.39 is 39.6 Å². The Morgan fingerprint density at radius 3 is 2.52 bits per heavy atom. The maximum Gasteiger partial charge on any atom is 0.303 e. The average molecular weight is 423 g/mol. The number of aliphatic hydroxyl groups excluding tert-OH is 2. The first-order valence-corrected chi connectivity index (χ1v) is 9.78. The number of nitrogens with two attached hydrogens (primary N) is 1. The second-order valence-corrected chi connectivity index (χ2v) is 8.08. The molecular weight excluding hydrogens is 406 g/mol. The second kappa shape index (κ2) is 6.41. The van der Waals surface area contributed by atoms with Gasteiger partial charge in [-0.2, -0.15) is 8.42 Å². The molecule has 3 aromatic rings. The average Bonchev–Trinajstić information content (AvgIpc) is 3.23. The third kappa shape index (κ3) is 2.43. The van der Waals surface area contributed by atoms with Crippen molar-refractivity contribution in [2.75, 3.05) is 12.3 Å². The summed E-state index contributed by atoms with van der Waals surface area (Å²) < 4.78 is 41.6. The van der Waals surface area contributed by atoms with Crippen LogP contribution in [0.2, 0.25) is 0 Å². The lowest BCUT2D eigenvalue weighted by Crippen LogP contribution is -2.62. The van der Waals surface area contributed by atoms with Crippen molar-refractivity contribution >= 4 is 27.1 Å². The molecule has 2 aromatic heterocycles. The fourth-order valence-corrected chi connectivity index (χ4v) is 4.75. The van der Waals surface area contributed by atoms with Gasteiger partial charge in [0.25, 0.3) is 4.93 Å². The summed E-state index contributed by atoms with van der Waals surface area (Å²) in [4.78, 5) is 8.57. The summed E-state index contributed by atoms with van der Waals surface area (Å²) in [6.07, 6.45) is -1.61. The monoisotopic (exact) mass is 423 g/mol. The molecule has 6 N–H and O–H groups in total. The van der Waals surface area contributed by atoms with Crippen LogP contribution in [-0.4, -0.2) is 71.6 Å². The van der Waals surface area contributed by atoms with E-state index in [1.165, 1.54) is 24.3 Å². The molecule has 0 amide bonds. The molecule has 154 valence electrons. The normalized spacial score (nSPS) is 30.1. The molecule has 0 saturated carbocycles. The Kier molecular flexibility index (Phi) is 4.34. The Morgan fingerprint density at radius 1 is 1.21 bits per heavy atom. The third-order valence-corrected chi connectivity index (χ3v) is 6.30. The summed E-state index contributed by atoms with van der Waals surface area (Å²) in [5, 5.41) is 31.5. The van der Waals surface area contributed by atoms with Gasteiger partial charge < -0.3 is 25.8 Å². The number of fused-ring (bicyclic) bond motifs is 1. The van der Waals surface area contributed by atoms with Gasteiger partial charge in [0, 0.05) is 5.56 Å². The Morgan fingerprint density at radius 2 is 1.90 bits per heavy atom. The van der Waals surface area contributed by atoms with Gasteiger partial charge in [-0.25, -0.2) is 15.0 Å². The first kappa shape index (κ1) is 19.6. The van der Waals surface area contributed by atoms with Gasteiger partial charge in [0.1, 0.15) is 24.1 Å². The topological polar surface area (TPSA) is 194 Å². The number of anilines is 1. The largest absolute Gasteiger partial charge is 0.394 e. The van der Waals surface area contributed by atoms with Crippen LogP contribution >= 0.6 is 0 Å². The van der Waals surface area contributed by atoms with Crippen molar-refractivity contribution < 1.29 is 33.0 Å². The molecule has 4 atom stereocenters. The number of ether oxygens (including phenoxy) is 1. The minimum absolute atomic E-state index is 0.0235. The lowest BCUT2D eigenvalue weighted by Gasteiger charge is -2.40. The van der Waals surface area contributed by atoms with Gasteiger partial charge in [0.05, 0.1) is 12.9 Å². The zero-order valence-corrected chi connectivity index (χ0v) is 15.5. The lowest BCUT2D eigenvalue weighted by atomic mass is 9.93. The van der Waals surface area contributed by atoms with Crippen LogP contribution in [0.1, 0.15) is 5.56 Å². The lowest BCUT2D eigenvalue weighted by molar-refractivity contribution is -0.132. The molecule has 0 aliphatic carbocycles. The highest BCUT2D eigenvalue weighted by atomic mass is 32.2. The van der Waals surface area contributed by atoms with Crippen molar-refractivity contribution in [3.63, 3.8) is 0 Å². The first-order chi connectivity index (χ1) is 13.7. The van der Waals surface area contributed by atoms with E-state index in [0.717, 1.165) is 17.2 Å². The van der Waals surface area contributed by atoms with Crippen LogP contribution in [0.5, 0.6) is 0 Å². The van der Waals surface area contributed by atoms with Gasteiger partial charge in [0.2, 0.25) is 5.72 Å². The molecule has 1 aliphatic rings. The Balaban J connectivity index is 2.17. The van der Waals surface area contributed by atoms with Crippen molar-refractivity contribution in [1.82, 2.24) is 19.5 Å². The molecule has 0 spiro atoms. The second-order valence-electron chi connectivity index (χ2n) is 6.51. The number of hydrogen-bond donors (Lipinski definition) is 5. The minimum atomic E-state index is -5.41. The fraction of sp³-hybridized carbons (Fsp3) is 0.312. The summed E-state index contributed by atoms with van der Waals surface area (Å²) in [6, 6.07) is 7.53. The van der Waals surface area contributed by atoms with Crippen molar-refractivity contribution in [2.45, 2.75) is 22.9 Å². The van der Waals surface area contributed by atoms with Crippen LogP contribution in [0.25, 0.3) is 11.2 Å². The number of hydrogen-bond acceptors (Lipinski definition) is 10. The minimum Gasteiger partial charge on any atom is -0.394 e. The molecule has 13 heteroatoms. The highest BCUT2D eigenvalue weighted by Crippen LogP contribution is 2.51. The molecular formula is C16H17N5O7S. The van der Waals surface area contributed by atoms with E-state index in [1.54, 1.807) is 6.07 Å². The summed E-state index contributed by atoms with van der Waals surface area (Å²) in [5.74, 6) is -0.0235. The van der Waals surface area contributed by atoms with Crippen LogP contribution < -0.4 is 5.73 Å². The highest BCUT2D eigenvalue weighted by Gasteiger charge is 2.74. The van der Waals surface area contributed by atoms with Gasteiger partial charge in [0.15, 0.2) is 11.5 Å². The molecule has 0 bridgehead atoms. The van der Waals surface area contributed by atoms with Crippen molar-refractivity contribution in [2.24, 2.45) is 0 Å². The molecule has 4 rings (SSSR count). The van der Waals surface area contributed by atoms with E-state index in [4.69, 9.17) is 10.5 Å². The van der Waals surface area contributed by atoms with Crippen LogP contribution in [0.4, 0.5) is 5.82 Å². The molecule has 12 nitrogen and oxygen atoms in total. The van der Waals surface area contributed by atoms with Crippen molar-refractivity contribution in [1.29, 1.82) is 0 Å². The van der Waals surface area contributed by atoms with E-state index in [-0.39, 0.29) is 22.5 Å². The summed E-state index contributed by atoms with van der Waals surface area (Å²) in [5.41, 5.74) is 3.40. The van der Waals surface area contributed by atoms with Gasteiger partial charge in [-0.1, -0.05) is 30.3 Å². The summed E-state index contributed by atoms with van der Waals surface area (Å²) in [6.45, 7) is -0.850. The van der Waals surface area contributed by atoms with Crippen LogP contribution in [0.3, 0.4) is 0 Å². The molecule has 1 aromatic carbocycles. The van der Waals surface area contributed by atoms with E-state index in [1.807, 2.05) is 0 Å². The molecule has 1 aliphatic heterocycles. The summed E-state index contributed by atoms with van der Waals surface area (Å²) in [7, 11) is -5.41. The van der Waals surface area contributed by atoms with E-state index in [2.05, 4.69) is 15.0 Å². The number of nitrogens with zero attached hydrogens (tertiary/aromatic N) is 4. The zero-order chi connectivity index (χ0) is 21.0. The van der Waals surface area contributed by atoms with E-state index in [9.17, 15) is 28.3 Å². The van der Waals surface area contributed by atoms with Crippen LogP contribution in [-0.2, 0) is 20.6 Å². The Labute approximate surface area is 164 Å². The number of imidazole rings is 1. The molecule has 0 radical (unpaired) electrons. The number of aromatic nitrogens is 4. The predicted molar refractivity (Wildman–Crippen MR) is 97.7 cm³/mol. The van der Waals surface area contributed by atoms with Crippen molar-refractivity contribution in [3.8, 4) is 0 Å². The Hall–Kier alpha value is -2.68. The van der Waals surface area contributed by atoms with Gasteiger partial charge >= 0.3 is 10.1 Å². The number of nitrogen functional groups attached to an aromatic ring is 1. The van der Waals surface area contributed by atoms with Crippen molar-refractivity contribution in [3.05, 3.63) is 48.5 Å². The standard InChI is InChI=1S/C16H17N5O7S/c17-13-11-14(19-7-18-13)21(8-20-11)15(9-4-2-1-3-5-9)16(24,29(25,26)27)12(23)10(6-22)28-15/h1-5,7-8,10,12,22-24H,6H2,(H2,17,18,19)(H,25,26,27)/t10-,12-,15-,16+/m1/s1. The van der Waals surface area contributed by atoms with E-state index >= 15 is 0 Å². The molecule has 1 fully saturated rings. The molecule has 0 unspecified atom stereocenters. The smallest absolute Gasteiger partial charge is 0.303 e.